The van der Waals surface area contributed by atoms with Gasteiger partial charge in [0.05, 0.1) is 0 Å². The molecule has 1 aromatic heterocycles. The van der Waals surface area contributed by atoms with Crippen molar-refractivity contribution in [3.8, 4) is 0 Å². The summed E-state index contributed by atoms with van der Waals surface area (Å²) in [5, 5.41) is 8.28. The molecule has 11 heteroatoms. The van der Waals surface area contributed by atoms with Gasteiger partial charge < -0.3 is 20.9 Å². The summed E-state index contributed by atoms with van der Waals surface area (Å²) >= 11 is 0. The van der Waals surface area contributed by atoms with Crippen LogP contribution in [0.4, 0.5) is 30.6 Å². The molecule has 0 saturated heterocycles. The van der Waals surface area contributed by atoms with Crippen LogP contribution >= 0.6 is 0 Å². The fourth-order valence-electron chi connectivity index (χ4n) is 4.50. The molecule has 1 aromatic carbocycles. The van der Waals surface area contributed by atoms with Crippen LogP contribution in [0.1, 0.15) is 47.2 Å². The molecule has 2 aliphatic rings. The van der Waals surface area contributed by atoms with Crippen molar-refractivity contribution >= 4 is 29.3 Å². The number of rotatable bonds is 6. The summed E-state index contributed by atoms with van der Waals surface area (Å²) in [6, 6.07) is 5.14. The number of halogens is 3. The lowest BCUT2D eigenvalue weighted by atomic mass is 9.90. The van der Waals surface area contributed by atoms with Gasteiger partial charge in [-0.2, -0.15) is 18.2 Å². The minimum absolute atomic E-state index is 0.0319. The van der Waals surface area contributed by atoms with E-state index in [4.69, 9.17) is 0 Å². The smallest absolute Gasteiger partial charge is 0.372 e. The van der Waals surface area contributed by atoms with Gasteiger partial charge in [-0.25, -0.2) is 4.98 Å². The average Bonchev–Trinajstić information content (AvgIpc) is 3.14. The van der Waals surface area contributed by atoms with Gasteiger partial charge in [0.15, 0.2) is 0 Å². The number of fused-ring (bicyclic) bond motifs is 1. The van der Waals surface area contributed by atoms with Crippen LogP contribution in [-0.4, -0.2) is 45.8 Å². The van der Waals surface area contributed by atoms with Gasteiger partial charge in [0, 0.05) is 43.1 Å². The number of nitrogens with zero attached hydrogens (tertiary/aromatic N) is 3. The van der Waals surface area contributed by atoms with Gasteiger partial charge in [0.2, 0.25) is 11.9 Å². The van der Waals surface area contributed by atoms with Crippen LogP contribution in [0.3, 0.4) is 0 Å². The molecule has 1 aliphatic carbocycles. The number of nitrogens with one attached hydrogen (secondary N) is 3. The third-order valence-corrected chi connectivity index (χ3v) is 6.15. The molecule has 0 spiro atoms. The van der Waals surface area contributed by atoms with Crippen LogP contribution in [0, 0.1) is 0 Å². The Labute approximate surface area is 194 Å². The number of aromatic nitrogens is 2. The molecule has 0 bridgehead atoms. The minimum atomic E-state index is -4.55. The van der Waals surface area contributed by atoms with Crippen molar-refractivity contribution in [2.75, 3.05) is 23.0 Å². The molecule has 2 heterocycles. The molecular weight excluding hydrogens is 449 g/mol. The Morgan fingerprint density at radius 2 is 2.09 bits per heavy atom. The molecule has 8 nitrogen and oxygen atoms in total. The second kappa shape index (κ2) is 9.32. The normalized spacial score (nSPS) is 20.0. The maximum absolute atomic E-state index is 13.1. The first-order chi connectivity index (χ1) is 16.2. The largest absolute Gasteiger partial charge is 0.421 e. The van der Waals surface area contributed by atoms with Gasteiger partial charge in [-0.3, -0.25) is 9.59 Å². The number of alkyl halides is 3. The van der Waals surface area contributed by atoms with E-state index in [0.29, 0.717) is 24.2 Å². The third-order valence-electron chi connectivity index (χ3n) is 6.15. The Balaban J connectivity index is 1.44. The molecule has 1 saturated carbocycles. The van der Waals surface area contributed by atoms with E-state index >= 15 is 0 Å². The molecule has 2 aromatic rings. The molecular formula is C23H25F3N6O2. The van der Waals surface area contributed by atoms with Gasteiger partial charge in [0.1, 0.15) is 11.4 Å². The Morgan fingerprint density at radius 1 is 1.29 bits per heavy atom. The maximum Gasteiger partial charge on any atom is 0.421 e. The summed E-state index contributed by atoms with van der Waals surface area (Å²) in [6.07, 6.45) is 0.477. The van der Waals surface area contributed by atoms with E-state index in [2.05, 4.69) is 32.5 Å². The van der Waals surface area contributed by atoms with Crippen LogP contribution in [-0.2, 0) is 17.5 Å². The highest BCUT2D eigenvalue weighted by Gasteiger charge is 2.37. The summed E-state index contributed by atoms with van der Waals surface area (Å²) in [5.41, 5.74) is 1.05. The van der Waals surface area contributed by atoms with Gasteiger partial charge in [-0.1, -0.05) is 12.6 Å². The summed E-state index contributed by atoms with van der Waals surface area (Å²) in [5.74, 6) is -0.627. The first-order valence-electron chi connectivity index (χ1n) is 11.0. The molecule has 2 amide bonds. The predicted molar refractivity (Wildman–Crippen MR) is 121 cm³/mol. The topological polar surface area (TPSA) is 99.3 Å². The standard InChI is InChI=1S/C23H25F3N6O2/c1-3-19(33)29-15-8-7-13-12-32(21(34)17(13)10-15)16-6-4-5-14(9-16)30-22-28-11-18(23(24,25)26)20(27-2)31-22/h3,7-8,10-11,14,16H,1,4-6,9,12H2,2H3,(H,29,33)(H2,27,28,30,31)/t14-,16+/m1/s1. The van der Waals surface area contributed by atoms with E-state index in [1.54, 1.807) is 12.1 Å². The minimum Gasteiger partial charge on any atom is -0.372 e. The average molecular weight is 474 g/mol. The van der Waals surface area contributed by atoms with Crippen molar-refractivity contribution in [2.24, 2.45) is 0 Å². The maximum atomic E-state index is 13.1. The molecule has 1 aliphatic heterocycles. The molecule has 0 radical (unpaired) electrons. The molecule has 0 unspecified atom stereocenters. The lowest BCUT2D eigenvalue weighted by Gasteiger charge is -2.35. The van der Waals surface area contributed by atoms with Crippen LogP contribution in [0.15, 0.2) is 37.1 Å². The number of benzene rings is 1. The van der Waals surface area contributed by atoms with E-state index in [1.807, 2.05) is 11.0 Å². The zero-order valence-corrected chi connectivity index (χ0v) is 18.6. The number of anilines is 3. The van der Waals surface area contributed by atoms with Crippen LogP contribution in [0.5, 0.6) is 0 Å². The SMILES string of the molecule is C=CC(=O)Nc1ccc2c(c1)C(=O)N([C@H]1CCC[C@@H](Nc3ncc(C(F)(F)F)c(NC)n3)C1)C2. The highest BCUT2D eigenvalue weighted by Crippen LogP contribution is 2.35. The number of hydrogen-bond acceptors (Lipinski definition) is 6. The van der Waals surface area contributed by atoms with Crippen LogP contribution in [0.25, 0.3) is 0 Å². The Bertz CT molecular complexity index is 1120. The molecule has 1 fully saturated rings. The summed E-state index contributed by atoms with van der Waals surface area (Å²) in [4.78, 5) is 34.3. The Hall–Kier alpha value is -3.63. The van der Waals surface area contributed by atoms with E-state index in [9.17, 15) is 22.8 Å². The summed E-state index contributed by atoms with van der Waals surface area (Å²) < 4.78 is 39.3. The predicted octanol–water partition coefficient (Wildman–Crippen LogP) is 4.04. The first-order valence-corrected chi connectivity index (χ1v) is 11.0. The van der Waals surface area contributed by atoms with Crippen molar-refractivity contribution in [2.45, 2.75) is 50.5 Å². The molecule has 3 N–H and O–H groups in total. The summed E-state index contributed by atoms with van der Waals surface area (Å²) in [6.45, 7) is 3.90. The number of carbonyl (C=O) groups excluding carboxylic acids is 2. The third kappa shape index (κ3) is 4.82. The lowest BCUT2D eigenvalue weighted by Crippen LogP contribution is -2.42. The first kappa shape index (κ1) is 23.5. The zero-order chi connectivity index (χ0) is 24.5. The van der Waals surface area contributed by atoms with Crippen molar-refractivity contribution in [3.63, 3.8) is 0 Å². The van der Waals surface area contributed by atoms with Gasteiger partial charge in [-0.15, -0.1) is 0 Å². The lowest BCUT2D eigenvalue weighted by molar-refractivity contribution is -0.137. The second-order valence-electron chi connectivity index (χ2n) is 8.36. The monoisotopic (exact) mass is 474 g/mol. The van der Waals surface area contributed by atoms with Crippen molar-refractivity contribution < 1.29 is 22.8 Å². The molecule has 2 atom stereocenters. The highest BCUT2D eigenvalue weighted by molar-refractivity contribution is 6.02. The van der Waals surface area contributed by atoms with Crippen LogP contribution < -0.4 is 16.0 Å². The Morgan fingerprint density at radius 3 is 2.79 bits per heavy atom. The zero-order valence-electron chi connectivity index (χ0n) is 18.6. The quantitative estimate of drug-likeness (QED) is 0.547. The van der Waals surface area contributed by atoms with Crippen molar-refractivity contribution in [3.05, 3.63) is 53.7 Å². The molecule has 4 rings (SSSR count). The highest BCUT2D eigenvalue weighted by atomic mass is 19.4. The van der Waals surface area contributed by atoms with Gasteiger partial charge >= 0.3 is 6.18 Å². The molecule has 34 heavy (non-hydrogen) atoms. The van der Waals surface area contributed by atoms with Crippen LogP contribution in [0.2, 0.25) is 0 Å². The Kier molecular flexibility index (Phi) is 6.45. The van der Waals surface area contributed by atoms with E-state index in [-0.39, 0.29) is 35.7 Å². The van der Waals surface area contributed by atoms with Gasteiger partial charge in [0.25, 0.3) is 5.91 Å². The van der Waals surface area contributed by atoms with E-state index < -0.39 is 11.7 Å². The number of amides is 2. The fourth-order valence-corrected chi connectivity index (χ4v) is 4.50. The number of hydrogen-bond donors (Lipinski definition) is 3. The second-order valence-corrected chi connectivity index (χ2v) is 8.36. The molecule has 180 valence electrons. The van der Waals surface area contributed by atoms with Gasteiger partial charge in [-0.05, 0) is 49.5 Å². The van der Waals surface area contributed by atoms with E-state index in [1.165, 1.54) is 7.05 Å². The van der Waals surface area contributed by atoms with E-state index in [0.717, 1.165) is 37.1 Å². The van der Waals surface area contributed by atoms with Crippen molar-refractivity contribution in [1.82, 2.24) is 14.9 Å². The summed E-state index contributed by atoms with van der Waals surface area (Å²) in [7, 11) is 1.38. The fraction of sp³-hybridized carbons (Fsp3) is 0.391. The van der Waals surface area contributed by atoms with Crippen molar-refractivity contribution in [1.29, 1.82) is 0 Å². The number of carbonyl (C=O) groups is 2.